The first-order valence-electron chi connectivity index (χ1n) is 9.28. The van der Waals surface area contributed by atoms with Crippen LogP contribution in [0.25, 0.3) is 0 Å². The van der Waals surface area contributed by atoms with Gasteiger partial charge in [0.15, 0.2) is 0 Å². The van der Waals surface area contributed by atoms with E-state index in [1.807, 2.05) is 31.2 Å². The van der Waals surface area contributed by atoms with Crippen LogP contribution < -0.4 is 10.6 Å². The minimum absolute atomic E-state index is 0.193. The second-order valence-electron chi connectivity index (χ2n) is 7.11. The summed E-state index contributed by atoms with van der Waals surface area (Å²) in [5, 5.41) is 14.8. The fourth-order valence-corrected chi connectivity index (χ4v) is 3.32. The van der Waals surface area contributed by atoms with Crippen molar-refractivity contribution in [2.75, 3.05) is 6.54 Å². The quantitative estimate of drug-likeness (QED) is 0.650. The molecule has 0 aliphatic heterocycles. The van der Waals surface area contributed by atoms with Crippen molar-refractivity contribution in [3.63, 3.8) is 0 Å². The van der Waals surface area contributed by atoms with Crippen molar-refractivity contribution in [2.24, 2.45) is 0 Å². The highest BCUT2D eigenvalue weighted by Crippen LogP contribution is 2.27. The summed E-state index contributed by atoms with van der Waals surface area (Å²) in [6.07, 6.45) is 5.32. The number of carboxylic acid groups (broad SMARTS) is 1. The highest BCUT2D eigenvalue weighted by atomic mass is 16.4. The van der Waals surface area contributed by atoms with E-state index < -0.39 is 17.4 Å². The van der Waals surface area contributed by atoms with Crippen LogP contribution in [0.3, 0.4) is 0 Å². The molecular formula is C20H28N2O4. The molecule has 142 valence electrons. The van der Waals surface area contributed by atoms with Gasteiger partial charge in [-0.2, -0.15) is 0 Å². The smallest absolute Gasteiger partial charge is 0.329 e. The summed E-state index contributed by atoms with van der Waals surface area (Å²) in [6.45, 7) is 1.81. The number of rotatable bonds is 7. The molecule has 1 aromatic carbocycles. The molecule has 1 aromatic rings. The van der Waals surface area contributed by atoms with Gasteiger partial charge in [0.25, 0.3) is 0 Å². The van der Waals surface area contributed by atoms with Gasteiger partial charge in [-0.3, -0.25) is 9.59 Å². The number of nitrogens with one attached hydrogen (secondary N) is 2. The number of aliphatic carboxylic acids is 1. The number of carbonyl (C=O) groups excluding carboxylic acids is 2. The average molecular weight is 360 g/mol. The molecule has 0 bridgehead atoms. The molecule has 26 heavy (non-hydrogen) atoms. The maximum absolute atomic E-state index is 12.2. The summed E-state index contributed by atoms with van der Waals surface area (Å²) in [4.78, 5) is 35.8. The topological polar surface area (TPSA) is 95.5 Å². The number of aryl methyl sites for hydroxylation is 2. The van der Waals surface area contributed by atoms with Crippen molar-refractivity contribution < 1.29 is 19.5 Å². The number of hydrogen-bond acceptors (Lipinski definition) is 3. The first-order valence-corrected chi connectivity index (χ1v) is 9.28. The van der Waals surface area contributed by atoms with Gasteiger partial charge in [0, 0.05) is 6.42 Å². The van der Waals surface area contributed by atoms with Gasteiger partial charge < -0.3 is 15.7 Å². The van der Waals surface area contributed by atoms with Crippen molar-refractivity contribution in [1.29, 1.82) is 0 Å². The van der Waals surface area contributed by atoms with Crippen molar-refractivity contribution >= 4 is 17.8 Å². The lowest BCUT2D eigenvalue weighted by Gasteiger charge is -2.29. The van der Waals surface area contributed by atoms with Crippen LogP contribution >= 0.6 is 0 Å². The van der Waals surface area contributed by atoms with Crippen LogP contribution in [-0.2, 0) is 20.8 Å². The van der Waals surface area contributed by atoms with Crippen LogP contribution in [0.4, 0.5) is 0 Å². The molecule has 1 aliphatic carbocycles. The molecule has 0 radical (unpaired) electrons. The Bertz CT molecular complexity index is 632. The molecule has 0 saturated heterocycles. The van der Waals surface area contributed by atoms with Gasteiger partial charge in [-0.05, 0) is 31.7 Å². The molecule has 6 heteroatoms. The SMILES string of the molecule is Cc1ccc(CCC(=O)NCC(=O)NC2(C(=O)O)CCCCCC2)cc1. The number of carbonyl (C=O) groups is 3. The van der Waals surface area contributed by atoms with Gasteiger partial charge >= 0.3 is 5.97 Å². The zero-order chi connectivity index (χ0) is 19.0. The summed E-state index contributed by atoms with van der Waals surface area (Å²) in [7, 11) is 0. The molecule has 0 spiro atoms. The monoisotopic (exact) mass is 360 g/mol. The van der Waals surface area contributed by atoms with Crippen molar-refractivity contribution in [2.45, 2.75) is 63.8 Å². The fraction of sp³-hybridized carbons (Fsp3) is 0.550. The summed E-state index contributed by atoms with van der Waals surface area (Å²) < 4.78 is 0. The molecule has 0 atom stereocenters. The molecule has 2 rings (SSSR count). The van der Waals surface area contributed by atoms with E-state index in [4.69, 9.17) is 0 Å². The lowest BCUT2D eigenvalue weighted by atomic mass is 9.90. The first-order chi connectivity index (χ1) is 12.4. The number of amides is 2. The third kappa shape index (κ3) is 5.86. The van der Waals surface area contributed by atoms with E-state index in [9.17, 15) is 19.5 Å². The third-order valence-electron chi connectivity index (χ3n) is 4.95. The third-order valence-corrected chi connectivity index (χ3v) is 4.95. The van der Waals surface area contributed by atoms with Gasteiger partial charge in [0.1, 0.15) is 5.54 Å². The lowest BCUT2D eigenvalue weighted by molar-refractivity contribution is -0.148. The molecule has 1 fully saturated rings. The Kier molecular flexibility index (Phi) is 7.18. The second kappa shape index (κ2) is 9.36. The fourth-order valence-electron chi connectivity index (χ4n) is 3.32. The normalized spacial score (nSPS) is 16.3. The Morgan fingerprint density at radius 3 is 2.19 bits per heavy atom. The molecule has 1 saturated carbocycles. The molecular weight excluding hydrogens is 332 g/mol. The predicted molar refractivity (Wildman–Crippen MR) is 98.7 cm³/mol. The lowest BCUT2D eigenvalue weighted by Crippen LogP contribution is -2.56. The van der Waals surface area contributed by atoms with E-state index >= 15 is 0 Å². The van der Waals surface area contributed by atoms with Gasteiger partial charge in [0.2, 0.25) is 11.8 Å². The van der Waals surface area contributed by atoms with Crippen LogP contribution in [-0.4, -0.2) is 35.0 Å². The van der Waals surface area contributed by atoms with Gasteiger partial charge in [-0.25, -0.2) is 4.79 Å². The highest BCUT2D eigenvalue weighted by molar-refractivity contribution is 5.90. The predicted octanol–water partition coefficient (Wildman–Crippen LogP) is 2.34. The van der Waals surface area contributed by atoms with Gasteiger partial charge in [-0.15, -0.1) is 0 Å². The maximum atomic E-state index is 12.2. The summed E-state index contributed by atoms with van der Waals surface area (Å²) in [5.41, 5.74) is 1.04. The van der Waals surface area contributed by atoms with E-state index in [1.165, 1.54) is 5.56 Å². The zero-order valence-corrected chi connectivity index (χ0v) is 15.3. The van der Waals surface area contributed by atoms with E-state index in [-0.39, 0.29) is 12.5 Å². The Morgan fingerprint density at radius 2 is 1.62 bits per heavy atom. The standard InChI is InChI=1S/C20H28N2O4/c1-15-6-8-16(9-7-15)10-11-17(23)21-14-18(24)22-20(19(25)26)12-4-2-3-5-13-20/h6-9H,2-5,10-14H2,1H3,(H,21,23)(H,22,24)(H,25,26). The maximum Gasteiger partial charge on any atom is 0.329 e. The number of carboxylic acids is 1. The van der Waals surface area contributed by atoms with E-state index in [0.29, 0.717) is 25.7 Å². The number of hydrogen-bond donors (Lipinski definition) is 3. The van der Waals surface area contributed by atoms with Crippen LogP contribution in [0.5, 0.6) is 0 Å². The molecule has 0 unspecified atom stereocenters. The largest absolute Gasteiger partial charge is 0.480 e. The zero-order valence-electron chi connectivity index (χ0n) is 15.3. The number of benzene rings is 1. The van der Waals surface area contributed by atoms with Crippen LogP contribution in [0.15, 0.2) is 24.3 Å². The highest BCUT2D eigenvalue weighted by Gasteiger charge is 2.39. The molecule has 1 aliphatic rings. The van der Waals surface area contributed by atoms with Gasteiger partial charge in [0.05, 0.1) is 6.54 Å². The Morgan fingerprint density at radius 1 is 1.00 bits per heavy atom. The minimum atomic E-state index is -1.19. The van der Waals surface area contributed by atoms with Gasteiger partial charge in [-0.1, -0.05) is 55.5 Å². The van der Waals surface area contributed by atoms with Crippen LogP contribution in [0, 0.1) is 6.92 Å². The summed E-state index contributed by atoms with van der Waals surface area (Å²) in [6, 6.07) is 7.97. The first kappa shape index (κ1) is 19.9. The molecule has 3 N–H and O–H groups in total. The van der Waals surface area contributed by atoms with Crippen molar-refractivity contribution in [3.8, 4) is 0 Å². The summed E-state index contributed by atoms with van der Waals surface area (Å²) in [5.74, 6) is -1.65. The van der Waals surface area contributed by atoms with Crippen molar-refractivity contribution in [3.05, 3.63) is 35.4 Å². The molecule has 2 amide bonds. The molecule has 0 heterocycles. The molecule has 0 aromatic heterocycles. The average Bonchev–Trinajstić information content (AvgIpc) is 2.86. The van der Waals surface area contributed by atoms with E-state index in [1.54, 1.807) is 0 Å². The van der Waals surface area contributed by atoms with E-state index in [2.05, 4.69) is 10.6 Å². The second-order valence-corrected chi connectivity index (χ2v) is 7.11. The van der Waals surface area contributed by atoms with Crippen LogP contribution in [0.1, 0.15) is 56.1 Å². The Balaban J connectivity index is 1.78. The Labute approximate surface area is 154 Å². The van der Waals surface area contributed by atoms with Crippen molar-refractivity contribution in [1.82, 2.24) is 10.6 Å². The van der Waals surface area contributed by atoms with Crippen LogP contribution in [0.2, 0.25) is 0 Å². The Hall–Kier alpha value is -2.37. The summed E-state index contributed by atoms with van der Waals surface area (Å²) >= 11 is 0. The van der Waals surface area contributed by atoms with E-state index in [0.717, 1.165) is 31.2 Å². The molecule has 6 nitrogen and oxygen atoms in total. The minimum Gasteiger partial charge on any atom is -0.480 e.